The van der Waals surface area contributed by atoms with Gasteiger partial charge in [-0.3, -0.25) is 4.79 Å². The molecule has 0 saturated carbocycles. The van der Waals surface area contributed by atoms with E-state index in [-0.39, 0.29) is 12.4 Å². The van der Waals surface area contributed by atoms with Crippen LogP contribution in [0.5, 0.6) is 23.0 Å². The Balaban J connectivity index is 2.04. The third-order valence-corrected chi connectivity index (χ3v) is 6.11. The van der Waals surface area contributed by atoms with Gasteiger partial charge < -0.3 is 29.0 Å². The predicted octanol–water partition coefficient (Wildman–Crippen LogP) is 4.43. The predicted molar refractivity (Wildman–Crippen MR) is 131 cm³/mol. The van der Waals surface area contributed by atoms with Gasteiger partial charge in [-0.25, -0.2) is 0 Å². The summed E-state index contributed by atoms with van der Waals surface area (Å²) in [5.41, 5.74) is 2.33. The quantitative estimate of drug-likeness (QED) is 0.543. The summed E-state index contributed by atoms with van der Waals surface area (Å²) in [4.78, 5) is 12.7. The summed E-state index contributed by atoms with van der Waals surface area (Å²) in [6.45, 7) is 6.44. The largest absolute Gasteiger partial charge is 0.493 e. The van der Waals surface area contributed by atoms with Gasteiger partial charge in [0, 0.05) is 18.5 Å². The molecule has 1 heterocycles. The second-order valence-electron chi connectivity index (χ2n) is 9.58. The topological polar surface area (TPSA) is 75.3 Å². The van der Waals surface area contributed by atoms with Crippen LogP contribution in [0.4, 0.5) is 0 Å². The van der Waals surface area contributed by atoms with Crippen LogP contribution in [0.25, 0.3) is 0 Å². The molecule has 7 heteroatoms. The van der Waals surface area contributed by atoms with Crippen molar-refractivity contribution in [1.82, 2.24) is 5.32 Å². The molecule has 0 spiro atoms. The van der Waals surface area contributed by atoms with Gasteiger partial charge in [0.25, 0.3) is 0 Å². The number of carbonyl (C=O) groups is 1. The average molecular weight is 472 g/mol. The van der Waals surface area contributed by atoms with Crippen LogP contribution in [-0.4, -0.2) is 46.6 Å². The monoisotopic (exact) mass is 471 g/mol. The summed E-state index contributed by atoms with van der Waals surface area (Å²) in [6.07, 6.45) is 2.36. The fourth-order valence-corrected chi connectivity index (χ4v) is 4.62. The zero-order valence-corrected chi connectivity index (χ0v) is 21.4. The Hall–Kier alpha value is -2.93. The Bertz CT molecular complexity index is 1010. The van der Waals surface area contributed by atoms with Gasteiger partial charge in [0.15, 0.2) is 23.0 Å². The van der Waals surface area contributed by atoms with Crippen LogP contribution < -0.4 is 24.3 Å². The molecule has 0 amide bonds. The molecule has 34 heavy (non-hydrogen) atoms. The van der Waals surface area contributed by atoms with Crippen LogP contribution in [0.3, 0.4) is 0 Å². The smallest absolute Gasteiger partial charge is 0.306 e. The lowest BCUT2D eigenvalue weighted by molar-refractivity contribution is -0.155. The van der Waals surface area contributed by atoms with Gasteiger partial charge >= 0.3 is 5.97 Å². The molecule has 2 aromatic carbocycles. The molecular weight excluding hydrogens is 434 g/mol. The number of carbonyl (C=O) groups excluding carboxylic acids is 1. The molecule has 1 N–H and O–H groups in total. The Kier molecular flexibility index (Phi) is 7.97. The first-order valence-electron chi connectivity index (χ1n) is 11.6. The van der Waals surface area contributed by atoms with Crippen molar-refractivity contribution in [2.45, 2.75) is 57.6 Å². The highest BCUT2D eigenvalue weighted by molar-refractivity contribution is 5.70. The van der Waals surface area contributed by atoms with Gasteiger partial charge in [-0.1, -0.05) is 6.07 Å². The van der Waals surface area contributed by atoms with Crippen molar-refractivity contribution in [3.63, 3.8) is 0 Å². The van der Waals surface area contributed by atoms with Crippen molar-refractivity contribution in [3.05, 3.63) is 47.0 Å². The molecule has 0 aromatic heterocycles. The van der Waals surface area contributed by atoms with E-state index >= 15 is 0 Å². The minimum atomic E-state index is -0.526. The number of nitrogens with one attached hydrogen (secondary N) is 1. The van der Waals surface area contributed by atoms with Gasteiger partial charge in [-0.2, -0.15) is 0 Å². The van der Waals surface area contributed by atoms with Gasteiger partial charge in [-0.15, -0.1) is 0 Å². The Morgan fingerprint density at radius 3 is 2.15 bits per heavy atom. The van der Waals surface area contributed by atoms with E-state index in [4.69, 9.17) is 23.7 Å². The van der Waals surface area contributed by atoms with E-state index in [0.29, 0.717) is 35.8 Å². The molecule has 0 fully saturated rings. The zero-order chi connectivity index (χ0) is 24.9. The standard InChI is InChI=1S/C27H37NO6/c1-26(2,3)34-25(29)10-12-27(17-18-8-9-21(30-4)22(14-18)31-5)20-16-24(33-7)23(32-6)15-19(20)11-13-28-27/h8-9,14-16,28H,10-13,17H2,1-7H3. The lowest BCUT2D eigenvalue weighted by Crippen LogP contribution is -2.49. The molecule has 0 aliphatic carbocycles. The van der Waals surface area contributed by atoms with Crippen molar-refractivity contribution >= 4 is 5.97 Å². The summed E-state index contributed by atoms with van der Waals surface area (Å²) in [7, 11) is 6.53. The maximum atomic E-state index is 12.7. The van der Waals surface area contributed by atoms with Crippen molar-refractivity contribution in [2.24, 2.45) is 0 Å². The minimum Gasteiger partial charge on any atom is -0.493 e. The molecule has 1 atom stereocenters. The van der Waals surface area contributed by atoms with E-state index in [0.717, 1.165) is 24.1 Å². The molecule has 1 aliphatic rings. The van der Waals surface area contributed by atoms with Crippen molar-refractivity contribution in [1.29, 1.82) is 0 Å². The lowest BCUT2D eigenvalue weighted by atomic mass is 9.75. The molecule has 186 valence electrons. The number of esters is 1. The Morgan fingerprint density at radius 2 is 1.53 bits per heavy atom. The van der Waals surface area contributed by atoms with E-state index in [1.54, 1.807) is 28.4 Å². The maximum absolute atomic E-state index is 12.7. The van der Waals surface area contributed by atoms with Gasteiger partial charge in [0.1, 0.15) is 5.60 Å². The fourth-order valence-electron chi connectivity index (χ4n) is 4.62. The number of methoxy groups -OCH3 is 4. The second-order valence-corrected chi connectivity index (χ2v) is 9.58. The molecule has 2 aromatic rings. The van der Waals surface area contributed by atoms with Crippen molar-refractivity contribution < 1.29 is 28.5 Å². The van der Waals surface area contributed by atoms with Gasteiger partial charge in [0.2, 0.25) is 0 Å². The average Bonchev–Trinajstić information content (AvgIpc) is 2.81. The van der Waals surface area contributed by atoms with Crippen LogP contribution in [0.1, 0.15) is 50.3 Å². The van der Waals surface area contributed by atoms with E-state index in [1.807, 2.05) is 51.1 Å². The highest BCUT2D eigenvalue weighted by Crippen LogP contribution is 2.42. The summed E-state index contributed by atoms with van der Waals surface area (Å²) in [5.74, 6) is 2.51. The van der Waals surface area contributed by atoms with Crippen molar-refractivity contribution in [2.75, 3.05) is 35.0 Å². The molecule has 1 aliphatic heterocycles. The van der Waals surface area contributed by atoms with Crippen LogP contribution in [0.2, 0.25) is 0 Å². The lowest BCUT2D eigenvalue weighted by Gasteiger charge is -2.41. The molecule has 3 rings (SSSR count). The number of rotatable bonds is 9. The maximum Gasteiger partial charge on any atom is 0.306 e. The molecule has 0 radical (unpaired) electrons. The summed E-state index contributed by atoms with van der Waals surface area (Å²) < 4.78 is 27.7. The van der Waals surface area contributed by atoms with Crippen LogP contribution in [0, 0.1) is 0 Å². The van der Waals surface area contributed by atoms with E-state index in [1.165, 1.54) is 5.56 Å². The molecule has 0 saturated heterocycles. The summed E-state index contributed by atoms with van der Waals surface area (Å²) in [6, 6.07) is 10.0. The minimum absolute atomic E-state index is 0.214. The highest BCUT2D eigenvalue weighted by Gasteiger charge is 2.38. The first-order valence-corrected chi connectivity index (χ1v) is 11.6. The fraction of sp³-hybridized carbons (Fsp3) is 0.519. The molecule has 0 bridgehead atoms. The third-order valence-electron chi connectivity index (χ3n) is 6.11. The van der Waals surface area contributed by atoms with Crippen LogP contribution in [-0.2, 0) is 27.9 Å². The molecule has 7 nitrogen and oxygen atoms in total. The van der Waals surface area contributed by atoms with Gasteiger partial charge in [0.05, 0.1) is 28.4 Å². The van der Waals surface area contributed by atoms with Gasteiger partial charge in [-0.05, 0) is 81.0 Å². The number of hydrogen-bond donors (Lipinski definition) is 1. The van der Waals surface area contributed by atoms with E-state index in [9.17, 15) is 4.79 Å². The highest BCUT2D eigenvalue weighted by atomic mass is 16.6. The van der Waals surface area contributed by atoms with Crippen molar-refractivity contribution in [3.8, 4) is 23.0 Å². The summed E-state index contributed by atoms with van der Waals surface area (Å²) in [5, 5.41) is 3.73. The number of fused-ring (bicyclic) bond motifs is 1. The Morgan fingerprint density at radius 1 is 0.912 bits per heavy atom. The first-order chi connectivity index (χ1) is 16.1. The molecule has 1 unspecified atom stereocenters. The van der Waals surface area contributed by atoms with Crippen LogP contribution >= 0.6 is 0 Å². The normalized spacial score (nSPS) is 17.5. The number of benzene rings is 2. The number of ether oxygens (including phenoxy) is 5. The third kappa shape index (κ3) is 5.76. The SMILES string of the molecule is COc1ccc(CC2(CCC(=O)OC(C)(C)C)NCCc3cc(OC)c(OC)cc32)cc1OC. The van der Waals surface area contributed by atoms with E-state index in [2.05, 4.69) is 5.32 Å². The summed E-state index contributed by atoms with van der Waals surface area (Å²) >= 11 is 0. The van der Waals surface area contributed by atoms with Crippen LogP contribution in [0.15, 0.2) is 30.3 Å². The first kappa shape index (κ1) is 25.7. The molecular formula is C27H37NO6. The Labute approximate surface area is 202 Å². The van der Waals surface area contributed by atoms with E-state index < -0.39 is 11.1 Å². The zero-order valence-electron chi connectivity index (χ0n) is 21.4. The second kappa shape index (κ2) is 10.6. The number of hydrogen-bond acceptors (Lipinski definition) is 7.